The zero-order chi connectivity index (χ0) is 24.2. The fourth-order valence-electron chi connectivity index (χ4n) is 4.08. The van der Waals surface area contributed by atoms with Crippen molar-refractivity contribution in [2.45, 2.75) is 19.4 Å². The maximum atomic E-state index is 13.2. The van der Waals surface area contributed by atoms with Crippen LogP contribution in [0.5, 0.6) is 17.2 Å². The first-order chi connectivity index (χ1) is 16.4. The molecule has 4 rings (SSSR count). The van der Waals surface area contributed by atoms with Gasteiger partial charge in [-0.2, -0.15) is 0 Å². The van der Waals surface area contributed by atoms with Crippen molar-refractivity contribution < 1.29 is 28.9 Å². The monoisotopic (exact) mass is 466 g/mol. The normalized spacial score (nSPS) is 19.1. The highest BCUT2D eigenvalue weighted by molar-refractivity contribution is 6.46. The van der Waals surface area contributed by atoms with Gasteiger partial charge in [0.05, 0.1) is 18.2 Å². The number of likely N-dealkylation sites (tertiary alicyclic amines) is 1. The first-order valence-corrected chi connectivity index (χ1v) is 11.5. The number of benzene rings is 2. The number of rotatable bonds is 8. The molecule has 8 nitrogen and oxygen atoms in total. The summed E-state index contributed by atoms with van der Waals surface area (Å²) in [5, 5.41) is 11.3. The van der Waals surface area contributed by atoms with Crippen molar-refractivity contribution in [3.63, 3.8) is 0 Å². The van der Waals surface area contributed by atoms with Crippen LogP contribution in [0, 0.1) is 0 Å². The van der Waals surface area contributed by atoms with Crippen LogP contribution in [0.15, 0.2) is 48.0 Å². The molecular formula is C26H30N2O6. The van der Waals surface area contributed by atoms with Gasteiger partial charge >= 0.3 is 0 Å². The maximum absolute atomic E-state index is 13.2. The molecule has 0 saturated carbocycles. The summed E-state index contributed by atoms with van der Waals surface area (Å²) in [5.74, 6) is 0.209. The van der Waals surface area contributed by atoms with Crippen LogP contribution in [-0.4, -0.2) is 73.6 Å². The summed E-state index contributed by atoms with van der Waals surface area (Å²) in [6.07, 6.45) is 0.891. The Morgan fingerprint density at radius 1 is 1.09 bits per heavy atom. The lowest BCUT2D eigenvalue weighted by molar-refractivity contribution is -0.140. The molecule has 1 amide bonds. The largest absolute Gasteiger partial charge is 0.507 e. The van der Waals surface area contributed by atoms with Crippen LogP contribution in [0.1, 0.15) is 30.5 Å². The molecule has 8 heteroatoms. The van der Waals surface area contributed by atoms with Gasteiger partial charge in [0.1, 0.15) is 24.7 Å². The van der Waals surface area contributed by atoms with Crippen LogP contribution < -0.4 is 14.2 Å². The number of fused-ring (bicyclic) bond motifs is 1. The van der Waals surface area contributed by atoms with Gasteiger partial charge in [-0.15, -0.1) is 0 Å². The minimum absolute atomic E-state index is 0.0580. The number of likely N-dealkylation sites (N-methyl/N-ethyl adjacent to an activating group) is 1. The quantitative estimate of drug-likeness (QED) is 0.363. The van der Waals surface area contributed by atoms with Gasteiger partial charge in [-0.25, -0.2) is 0 Å². The zero-order valence-corrected chi connectivity index (χ0v) is 19.7. The molecule has 180 valence electrons. The van der Waals surface area contributed by atoms with Gasteiger partial charge in [0.2, 0.25) is 0 Å². The van der Waals surface area contributed by atoms with Crippen molar-refractivity contribution in [2.75, 3.05) is 47.0 Å². The second-order valence-corrected chi connectivity index (χ2v) is 8.57. The number of carbonyl (C=O) groups excluding carboxylic acids is 2. The van der Waals surface area contributed by atoms with E-state index in [2.05, 4.69) is 0 Å². The molecule has 2 aromatic rings. The van der Waals surface area contributed by atoms with E-state index < -0.39 is 17.7 Å². The Bertz CT molecular complexity index is 1090. The topological polar surface area (TPSA) is 88.5 Å². The molecule has 0 aromatic heterocycles. The Balaban J connectivity index is 1.76. The standard InChI is InChI=1S/C26H30N2O6/c1-4-13-32-19-8-5-17(6-9-19)23-22(25(30)26(31)28(23)12-11-27(2)3)24(29)18-7-10-20-21(16-18)34-15-14-33-20/h5-10,16,23,29H,4,11-15H2,1-3H3/b24-22+. The summed E-state index contributed by atoms with van der Waals surface area (Å²) >= 11 is 0. The second-order valence-electron chi connectivity index (χ2n) is 8.57. The van der Waals surface area contributed by atoms with Gasteiger partial charge in [-0.05, 0) is 56.4 Å². The highest BCUT2D eigenvalue weighted by Gasteiger charge is 2.46. The molecule has 2 aliphatic rings. The lowest BCUT2D eigenvalue weighted by Gasteiger charge is -2.27. The minimum atomic E-state index is -0.714. The summed E-state index contributed by atoms with van der Waals surface area (Å²) in [6.45, 7) is 4.40. The maximum Gasteiger partial charge on any atom is 0.295 e. The fraction of sp³-hybridized carbons (Fsp3) is 0.385. The molecule has 0 spiro atoms. The predicted octanol–water partition coefficient (Wildman–Crippen LogP) is 3.23. The Hall–Kier alpha value is -3.52. The Labute approximate surface area is 199 Å². The highest BCUT2D eigenvalue weighted by Crippen LogP contribution is 2.41. The molecule has 34 heavy (non-hydrogen) atoms. The van der Waals surface area contributed by atoms with Crippen molar-refractivity contribution in [1.82, 2.24) is 9.80 Å². The fourth-order valence-corrected chi connectivity index (χ4v) is 4.08. The third-order valence-electron chi connectivity index (χ3n) is 5.81. The Kier molecular flexibility index (Phi) is 7.07. The number of nitrogens with zero attached hydrogens (tertiary/aromatic N) is 2. The molecule has 2 heterocycles. The number of aliphatic hydroxyl groups excluding tert-OH is 1. The van der Waals surface area contributed by atoms with Gasteiger partial charge < -0.3 is 29.1 Å². The van der Waals surface area contributed by atoms with Crippen molar-refractivity contribution in [2.24, 2.45) is 0 Å². The van der Waals surface area contributed by atoms with E-state index in [9.17, 15) is 14.7 Å². The van der Waals surface area contributed by atoms with Crippen LogP contribution in [-0.2, 0) is 9.59 Å². The van der Waals surface area contributed by atoms with E-state index in [0.717, 1.165) is 12.0 Å². The number of hydrogen-bond acceptors (Lipinski definition) is 7. The van der Waals surface area contributed by atoms with Crippen LogP contribution in [0.2, 0.25) is 0 Å². The van der Waals surface area contributed by atoms with Crippen LogP contribution in [0.3, 0.4) is 0 Å². The van der Waals surface area contributed by atoms with E-state index in [1.807, 2.05) is 50.2 Å². The van der Waals surface area contributed by atoms with Crippen molar-refractivity contribution in [3.05, 3.63) is 59.2 Å². The number of hydrogen-bond donors (Lipinski definition) is 1. The third-order valence-corrected chi connectivity index (χ3v) is 5.81. The van der Waals surface area contributed by atoms with E-state index in [1.54, 1.807) is 18.2 Å². The Morgan fingerprint density at radius 2 is 1.79 bits per heavy atom. The zero-order valence-electron chi connectivity index (χ0n) is 19.7. The molecule has 2 aromatic carbocycles. The number of ether oxygens (including phenoxy) is 3. The first kappa shape index (κ1) is 23.6. The van der Waals surface area contributed by atoms with Gasteiger partial charge in [-0.1, -0.05) is 19.1 Å². The number of Topliss-reactive ketones (excluding diaryl/α,β-unsaturated/α-hetero) is 1. The summed E-state index contributed by atoms with van der Waals surface area (Å²) in [5.41, 5.74) is 1.17. The van der Waals surface area contributed by atoms with Crippen LogP contribution in [0.4, 0.5) is 0 Å². The predicted molar refractivity (Wildman–Crippen MR) is 127 cm³/mol. The summed E-state index contributed by atoms with van der Waals surface area (Å²) in [4.78, 5) is 29.6. The molecule has 1 saturated heterocycles. The lowest BCUT2D eigenvalue weighted by Crippen LogP contribution is -2.35. The van der Waals surface area contributed by atoms with Crippen LogP contribution >= 0.6 is 0 Å². The summed E-state index contributed by atoms with van der Waals surface area (Å²) in [7, 11) is 3.81. The lowest BCUT2D eigenvalue weighted by atomic mass is 9.95. The SMILES string of the molecule is CCCOc1ccc(C2/C(=C(\O)c3ccc4c(c3)OCCO4)C(=O)C(=O)N2CCN(C)C)cc1. The number of amides is 1. The molecule has 0 radical (unpaired) electrons. The molecular weight excluding hydrogens is 436 g/mol. The van der Waals surface area contributed by atoms with Gasteiger partial charge in [0.25, 0.3) is 11.7 Å². The average Bonchev–Trinajstić information content (AvgIpc) is 3.10. The van der Waals surface area contributed by atoms with E-state index in [0.29, 0.717) is 55.7 Å². The smallest absolute Gasteiger partial charge is 0.295 e. The van der Waals surface area contributed by atoms with Gasteiger partial charge in [-0.3, -0.25) is 9.59 Å². The molecule has 1 fully saturated rings. The molecule has 1 atom stereocenters. The number of carbonyl (C=O) groups is 2. The van der Waals surface area contributed by atoms with Crippen molar-refractivity contribution >= 4 is 17.4 Å². The van der Waals surface area contributed by atoms with E-state index in [-0.39, 0.29) is 11.3 Å². The molecule has 1 N–H and O–H groups in total. The molecule has 1 unspecified atom stereocenters. The third kappa shape index (κ3) is 4.72. The van der Waals surface area contributed by atoms with E-state index in [1.165, 1.54) is 4.90 Å². The summed E-state index contributed by atoms with van der Waals surface area (Å²) in [6, 6.07) is 11.6. The molecule has 0 bridgehead atoms. The summed E-state index contributed by atoms with van der Waals surface area (Å²) < 4.78 is 16.9. The minimum Gasteiger partial charge on any atom is -0.507 e. The van der Waals surface area contributed by atoms with Crippen molar-refractivity contribution in [3.8, 4) is 17.2 Å². The first-order valence-electron chi connectivity index (χ1n) is 11.5. The van der Waals surface area contributed by atoms with Gasteiger partial charge in [0.15, 0.2) is 11.5 Å². The second kappa shape index (κ2) is 10.2. The van der Waals surface area contributed by atoms with Crippen LogP contribution in [0.25, 0.3) is 5.76 Å². The molecule has 2 aliphatic heterocycles. The van der Waals surface area contributed by atoms with Gasteiger partial charge in [0, 0.05) is 18.7 Å². The Morgan fingerprint density at radius 3 is 2.47 bits per heavy atom. The van der Waals surface area contributed by atoms with E-state index >= 15 is 0 Å². The van der Waals surface area contributed by atoms with Crippen molar-refractivity contribution in [1.29, 1.82) is 0 Å². The number of ketones is 1. The molecule has 0 aliphatic carbocycles. The van der Waals surface area contributed by atoms with E-state index in [4.69, 9.17) is 14.2 Å². The average molecular weight is 467 g/mol. The highest BCUT2D eigenvalue weighted by atomic mass is 16.6. The number of aliphatic hydroxyl groups is 1.